The molecule has 0 fully saturated rings. The fourth-order valence-corrected chi connectivity index (χ4v) is 5.11. The van der Waals surface area contributed by atoms with E-state index in [-0.39, 0.29) is 10.9 Å². The Bertz CT molecular complexity index is 1310. The molecule has 0 amide bonds. The van der Waals surface area contributed by atoms with Gasteiger partial charge in [0.15, 0.2) is 0 Å². The first kappa shape index (κ1) is 18.8. The van der Waals surface area contributed by atoms with Crippen LogP contribution in [-0.2, 0) is 17.8 Å². The number of anilines is 1. The van der Waals surface area contributed by atoms with Crippen LogP contribution in [0.3, 0.4) is 0 Å². The van der Waals surface area contributed by atoms with Crippen molar-refractivity contribution in [1.29, 1.82) is 0 Å². The van der Waals surface area contributed by atoms with Crippen molar-refractivity contribution in [2.75, 3.05) is 11.9 Å². The first-order valence-corrected chi connectivity index (χ1v) is 10.8. The fourth-order valence-electron chi connectivity index (χ4n) is 4.22. The lowest BCUT2D eigenvalue weighted by atomic mass is 9.93. The van der Waals surface area contributed by atoms with Gasteiger partial charge in [0.2, 0.25) is 0 Å². The van der Waals surface area contributed by atoms with Gasteiger partial charge in [0.05, 0.1) is 22.8 Å². The number of carbonyl (C=O) groups excluding carboxylic acids is 1. The van der Waals surface area contributed by atoms with Crippen LogP contribution in [-0.4, -0.2) is 28.9 Å². The van der Waals surface area contributed by atoms with Crippen molar-refractivity contribution in [3.05, 3.63) is 81.7 Å². The van der Waals surface area contributed by atoms with Gasteiger partial charge in [0, 0.05) is 30.7 Å². The zero-order chi connectivity index (χ0) is 20.7. The van der Waals surface area contributed by atoms with Crippen LogP contribution >= 0.6 is 11.3 Å². The number of pyridine rings is 1. The highest BCUT2D eigenvalue weighted by Crippen LogP contribution is 2.33. The predicted octanol–water partition coefficient (Wildman–Crippen LogP) is 4.12. The van der Waals surface area contributed by atoms with Gasteiger partial charge in [-0.1, -0.05) is 29.5 Å². The highest BCUT2D eigenvalue weighted by Gasteiger charge is 2.23. The van der Waals surface area contributed by atoms with E-state index in [2.05, 4.69) is 34.1 Å². The van der Waals surface area contributed by atoms with E-state index in [0.717, 1.165) is 51.7 Å². The molecule has 6 heteroatoms. The first-order chi connectivity index (χ1) is 14.6. The molecule has 1 aliphatic heterocycles. The Morgan fingerprint density at radius 1 is 1.13 bits per heavy atom. The fraction of sp³-hybridized carbons (Fsp3) is 0.208. The predicted molar refractivity (Wildman–Crippen MR) is 121 cm³/mol. The maximum atomic E-state index is 12.5. The van der Waals surface area contributed by atoms with E-state index in [9.17, 15) is 9.59 Å². The summed E-state index contributed by atoms with van der Waals surface area (Å²) in [5, 5.41) is 0. The lowest BCUT2D eigenvalue weighted by Gasteiger charge is -2.33. The number of hydrogen-bond acceptors (Lipinski definition) is 5. The average Bonchev–Trinajstić information content (AvgIpc) is 3.09. The Balaban J connectivity index is 1.48. The number of aldehydes is 1. The number of aromatic nitrogens is 2. The molecule has 0 bridgehead atoms. The summed E-state index contributed by atoms with van der Waals surface area (Å²) in [5.74, 6) is 0. The largest absolute Gasteiger partial charge is 0.365 e. The highest BCUT2D eigenvalue weighted by atomic mass is 32.1. The molecule has 5 rings (SSSR count). The van der Waals surface area contributed by atoms with Crippen molar-refractivity contribution >= 4 is 33.5 Å². The minimum Gasteiger partial charge on any atom is -0.365 e. The molecule has 3 heterocycles. The summed E-state index contributed by atoms with van der Waals surface area (Å²) in [5.41, 5.74) is 6.45. The summed E-state index contributed by atoms with van der Waals surface area (Å²) in [4.78, 5) is 30.3. The number of thiazole rings is 1. The van der Waals surface area contributed by atoms with Gasteiger partial charge in [-0.25, -0.2) is 0 Å². The number of rotatable bonds is 4. The zero-order valence-corrected chi connectivity index (χ0v) is 17.4. The lowest BCUT2D eigenvalue weighted by molar-refractivity contribution is -0.109. The number of hydrogen-bond donors (Lipinski definition) is 0. The second-order valence-electron chi connectivity index (χ2n) is 7.70. The summed E-state index contributed by atoms with van der Waals surface area (Å²) < 4.78 is 2.81. The minimum absolute atomic E-state index is 0.0446. The summed E-state index contributed by atoms with van der Waals surface area (Å²) in [6, 6.07) is 16.3. The minimum atomic E-state index is -0.0490. The van der Waals surface area contributed by atoms with E-state index in [1.165, 1.54) is 16.9 Å². The summed E-state index contributed by atoms with van der Waals surface area (Å²) in [7, 11) is 1.97. The highest BCUT2D eigenvalue weighted by molar-refractivity contribution is 7.16. The van der Waals surface area contributed by atoms with Crippen molar-refractivity contribution in [3.8, 4) is 11.1 Å². The number of likely N-dealkylation sites (N-methyl/N-ethyl adjacent to an activating group) is 1. The molecule has 5 nitrogen and oxygen atoms in total. The Hall–Kier alpha value is -3.25. The number of aryl methyl sites for hydroxylation is 1. The standard InChI is InChI=1S/C24H21N3O2S/c1-26-20(15-28)8-6-18-11-17(7-9-21(18)26)19-10-16(12-25-13-19)14-27-22-4-2-3-5-23(22)30-24(27)29/h2-5,7,9-13,15,20H,6,8,14H2,1H3. The van der Waals surface area contributed by atoms with Crippen LogP contribution in [0.5, 0.6) is 0 Å². The van der Waals surface area contributed by atoms with E-state index in [1.807, 2.05) is 48.3 Å². The molecule has 0 N–H and O–H groups in total. The van der Waals surface area contributed by atoms with Crippen LogP contribution in [0, 0.1) is 0 Å². The molecule has 30 heavy (non-hydrogen) atoms. The molecule has 1 unspecified atom stereocenters. The maximum absolute atomic E-state index is 12.5. The van der Waals surface area contributed by atoms with Gasteiger partial charge in [-0.2, -0.15) is 0 Å². The van der Waals surface area contributed by atoms with Gasteiger partial charge in [-0.3, -0.25) is 14.3 Å². The lowest BCUT2D eigenvalue weighted by Crippen LogP contribution is -2.37. The van der Waals surface area contributed by atoms with Gasteiger partial charge in [-0.05, 0) is 59.9 Å². The number of carbonyl (C=O) groups is 1. The van der Waals surface area contributed by atoms with Crippen molar-refractivity contribution < 1.29 is 4.79 Å². The second kappa shape index (κ2) is 7.54. The Kier molecular flexibility index (Phi) is 4.71. The Labute approximate surface area is 178 Å². The smallest absolute Gasteiger partial charge is 0.308 e. The molecule has 0 spiro atoms. The quantitative estimate of drug-likeness (QED) is 0.471. The van der Waals surface area contributed by atoms with Crippen LogP contribution in [0.1, 0.15) is 17.5 Å². The molecule has 1 atom stereocenters. The molecule has 2 aromatic carbocycles. The number of fused-ring (bicyclic) bond motifs is 2. The maximum Gasteiger partial charge on any atom is 0.308 e. The molecule has 1 aliphatic rings. The monoisotopic (exact) mass is 415 g/mol. The van der Waals surface area contributed by atoms with Crippen LogP contribution in [0.25, 0.3) is 21.3 Å². The van der Waals surface area contributed by atoms with E-state index >= 15 is 0 Å². The molecule has 0 aliphatic carbocycles. The van der Waals surface area contributed by atoms with Gasteiger partial charge < -0.3 is 9.69 Å². The average molecular weight is 416 g/mol. The van der Waals surface area contributed by atoms with Crippen molar-refractivity contribution in [2.24, 2.45) is 0 Å². The van der Waals surface area contributed by atoms with Crippen molar-refractivity contribution in [2.45, 2.75) is 25.4 Å². The molecule has 150 valence electrons. The van der Waals surface area contributed by atoms with Crippen LogP contribution in [0.4, 0.5) is 5.69 Å². The molecule has 0 saturated heterocycles. The molecule has 0 radical (unpaired) electrons. The topological polar surface area (TPSA) is 55.2 Å². The van der Waals surface area contributed by atoms with Crippen LogP contribution in [0.15, 0.2) is 65.7 Å². The molecule has 4 aromatic rings. The second-order valence-corrected chi connectivity index (χ2v) is 8.69. The third-order valence-corrected chi connectivity index (χ3v) is 6.83. The first-order valence-electron chi connectivity index (χ1n) is 9.98. The van der Waals surface area contributed by atoms with Gasteiger partial charge >= 0.3 is 4.87 Å². The summed E-state index contributed by atoms with van der Waals surface area (Å²) in [6.45, 7) is 0.498. The Morgan fingerprint density at radius 2 is 2.00 bits per heavy atom. The van der Waals surface area contributed by atoms with E-state index in [1.54, 1.807) is 0 Å². The number of nitrogens with zero attached hydrogens (tertiary/aromatic N) is 3. The van der Waals surface area contributed by atoms with E-state index in [0.29, 0.717) is 6.54 Å². The van der Waals surface area contributed by atoms with Crippen molar-refractivity contribution in [1.82, 2.24) is 9.55 Å². The summed E-state index contributed by atoms with van der Waals surface area (Å²) >= 11 is 1.27. The van der Waals surface area contributed by atoms with Gasteiger partial charge in [0.25, 0.3) is 0 Å². The van der Waals surface area contributed by atoms with Gasteiger partial charge in [0.1, 0.15) is 6.29 Å². The molecule has 2 aromatic heterocycles. The molecular formula is C24H21N3O2S. The van der Waals surface area contributed by atoms with Gasteiger partial charge in [-0.15, -0.1) is 0 Å². The molecular weight excluding hydrogens is 394 g/mol. The van der Waals surface area contributed by atoms with E-state index in [4.69, 9.17) is 0 Å². The third kappa shape index (κ3) is 3.23. The zero-order valence-electron chi connectivity index (χ0n) is 16.6. The van der Waals surface area contributed by atoms with Crippen LogP contribution in [0.2, 0.25) is 0 Å². The summed E-state index contributed by atoms with van der Waals surface area (Å²) in [6.07, 6.45) is 6.44. The number of para-hydroxylation sites is 1. The van der Waals surface area contributed by atoms with E-state index < -0.39 is 0 Å². The third-order valence-electron chi connectivity index (χ3n) is 5.87. The Morgan fingerprint density at radius 3 is 2.87 bits per heavy atom. The SMILES string of the molecule is CN1c2ccc(-c3cncc(Cn4c(=O)sc5ccccc54)c3)cc2CCC1C=O. The molecule has 0 saturated carbocycles. The van der Waals surface area contributed by atoms with Crippen LogP contribution < -0.4 is 9.77 Å². The number of benzene rings is 2. The normalized spacial score (nSPS) is 15.9. The van der Waals surface area contributed by atoms with Crippen molar-refractivity contribution in [3.63, 3.8) is 0 Å².